The SMILES string of the molecule is C=CC(=O)C(C)C.CC(C)C(=O)/C=C\C1CCC(C)c2cc3cc4cc5c(cc4cc3cc21)C(OC(=O)C(C)C)CCC5OC(=O)C(C)C. The topological polar surface area (TPSA) is 86.7 Å². The average molecular weight is 667 g/mol. The van der Waals surface area contributed by atoms with Gasteiger partial charge in [0.15, 0.2) is 11.6 Å². The maximum atomic E-state index is 12.6. The van der Waals surface area contributed by atoms with E-state index in [1.54, 1.807) is 6.08 Å². The Kier molecular flexibility index (Phi) is 12.4. The van der Waals surface area contributed by atoms with E-state index in [9.17, 15) is 19.2 Å². The molecular weight excluding hydrogens is 612 g/mol. The van der Waals surface area contributed by atoms with Crippen molar-refractivity contribution in [2.45, 2.75) is 112 Å². The molecule has 0 aromatic heterocycles. The Morgan fingerprint density at radius 1 is 0.592 bits per heavy atom. The van der Waals surface area contributed by atoms with Gasteiger partial charge in [-0.2, -0.15) is 0 Å². The van der Waals surface area contributed by atoms with Gasteiger partial charge in [0, 0.05) is 17.8 Å². The molecule has 3 aromatic carbocycles. The van der Waals surface area contributed by atoms with Crippen LogP contribution in [0.25, 0.3) is 21.5 Å². The molecule has 0 bridgehead atoms. The summed E-state index contributed by atoms with van der Waals surface area (Å²) in [4.78, 5) is 47.9. The molecule has 5 rings (SSSR count). The summed E-state index contributed by atoms with van der Waals surface area (Å²) in [5.74, 6) is 0.164. The lowest BCUT2D eigenvalue weighted by Crippen LogP contribution is -2.25. The third kappa shape index (κ3) is 8.95. The van der Waals surface area contributed by atoms with Crippen molar-refractivity contribution in [1.29, 1.82) is 0 Å². The predicted octanol–water partition coefficient (Wildman–Crippen LogP) is 10.4. The molecule has 0 N–H and O–H groups in total. The van der Waals surface area contributed by atoms with Crippen molar-refractivity contribution >= 4 is 45.0 Å². The first-order chi connectivity index (χ1) is 23.1. The zero-order chi connectivity index (χ0) is 36.2. The summed E-state index contributed by atoms with van der Waals surface area (Å²) < 4.78 is 11.9. The number of rotatable bonds is 9. The Morgan fingerprint density at radius 2 is 1.02 bits per heavy atom. The van der Waals surface area contributed by atoms with Crippen LogP contribution >= 0.6 is 0 Å². The molecule has 0 saturated carbocycles. The minimum Gasteiger partial charge on any atom is -0.457 e. The van der Waals surface area contributed by atoms with E-state index in [0.717, 1.165) is 40.1 Å². The van der Waals surface area contributed by atoms with Crippen LogP contribution in [0, 0.1) is 23.7 Å². The standard InChI is InChI=1S/C37H44O5.C6H10O/c1-20(2)33(38)11-10-24-9-8-23(7)29-16-25-14-27-18-31-32(19-28(27)15-26(25)17-30(24)29)35(42-37(40)22(5)6)13-12-34(31)41-36(39)21(3)4;1-4-6(7)5(2)3/h10-11,14-24,34-35H,8-9,12-13H2,1-7H3;4-5H,1H2,2-3H3/b11-10-;. The van der Waals surface area contributed by atoms with Crippen LogP contribution in [0.4, 0.5) is 0 Å². The van der Waals surface area contributed by atoms with Gasteiger partial charge in [-0.25, -0.2) is 0 Å². The van der Waals surface area contributed by atoms with Crippen LogP contribution in [-0.4, -0.2) is 23.5 Å². The minimum absolute atomic E-state index is 0.00532. The minimum atomic E-state index is -0.374. The number of ether oxygens (including phenoxy) is 2. The fraction of sp³-hybridized carbons (Fsp3) is 0.488. The molecule has 6 nitrogen and oxygen atoms in total. The van der Waals surface area contributed by atoms with Crippen molar-refractivity contribution in [1.82, 2.24) is 0 Å². The Hall–Kier alpha value is -4.06. The highest BCUT2D eigenvalue weighted by Gasteiger charge is 2.33. The van der Waals surface area contributed by atoms with Crippen LogP contribution in [-0.2, 0) is 28.7 Å². The molecular formula is C43H54O6. The number of esters is 2. The highest BCUT2D eigenvalue weighted by Crippen LogP contribution is 2.45. The van der Waals surface area contributed by atoms with E-state index in [1.807, 2.05) is 55.4 Å². The Labute approximate surface area is 292 Å². The lowest BCUT2D eigenvalue weighted by Gasteiger charge is -2.32. The van der Waals surface area contributed by atoms with E-state index >= 15 is 0 Å². The van der Waals surface area contributed by atoms with E-state index in [-0.39, 0.29) is 65.3 Å². The molecule has 0 fully saturated rings. The van der Waals surface area contributed by atoms with Crippen molar-refractivity contribution in [3.05, 3.63) is 83.5 Å². The van der Waals surface area contributed by atoms with Gasteiger partial charge in [0.25, 0.3) is 0 Å². The number of fused-ring (bicyclic) bond motifs is 4. The highest BCUT2D eigenvalue weighted by molar-refractivity contribution is 6.00. The molecule has 0 amide bonds. The summed E-state index contributed by atoms with van der Waals surface area (Å²) in [5, 5.41) is 4.46. The van der Waals surface area contributed by atoms with Crippen molar-refractivity contribution in [2.24, 2.45) is 23.7 Å². The number of ketones is 2. The van der Waals surface area contributed by atoms with E-state index in [4.69, 9.17) is 9.47 Å². The number of benzene rings is 3. The van der Waals surface area contributed by atoms with Crippen molar-refractivity contribution in [3.8, 4) is 0 Å². The van der Waals surface area contributed by atoms with Gasteiger partial charge in [-0.15, -0.1) is 0 Å². The smallest absolute Gasteiger partial charge is 0.308 e. The third-order valence-corrected chi connectivity index (χ3v) is 9.72. The largest absolute Gasteiger partial charge is 0.457 e. The van der Waals surface area contributed by atoms with Gasteiger partial charge in [0.05, 0.1) is 11.8 Å². The molecule has 6 heteroatoms. The lowest BCUT2D eigenvalue weighted by atomic mass is 9.76. The summed E-state index contributed by atoms with van der Waals surface area (Å²) >= 11 is 0. The predicted molar refractivity (Wildman–Crippen MR) is 197 cm³/mol. The molecule has 3 aromatic rings. The third-order valence-electron chi connectivity index (χ3n) is 9.72. The fourth-order valence-electron chi connectivity index (χ4n) is 6.47. The Morgan fingerprint density at radius 3 is 1.41 bits per heavy atom. The summed E-state index contributed by atoms with van der Waals surface area (Å²) in [7, 11) is 0. The first-order valence-corrected chi connectivity index (χ1v) is 18.0. The van der Waals surface area contributed by atoms with E-state index < -0.39 is 0 Å². The molecule has 0 heterocycles. The van der Waals surface area contributed by atoms with Gasteiger partial charge >= 0.3 is 11.9 Å². The fourth-order valence-corrected chi connectivity index (χ4v) is 6.47. The highest BCUT2D eigenvalue weighted by atomic mass is 16.6. The first-order valence-electron chi connectivity index (χ1n) is 18.0. The molecule has 2 aliphatic carbocycles. The number of allylic oxidation sites excluding steroid dienone is 3. The van der Waals surface area contributed by atoms with Gasteiger partial charge in [0.1, 0.15) is 12.2 Å². The maximum Gasteiger partial charge on any atom is 0.308 e. The maximum absolute atomic E-state index is 12.6. The molecule has 0 saturated heterocycles. The molecule has 262 valence electrons. The van der Waals surface area contributed by atoms with Crippen molar-refractivity contribution < 1.29 is 28.7 Å². The molecule has 4 atom stereocenters. The second-order valence-electron chi connectivity index (χ2n) is 15.0. The van der Waals surface area contributed by atoms with Gasteiger partial charge in [-0.05, 0) is 112 Å². The van der Waals surface area contributed by atoms with Crippen molar-refractivity contribution in [2.75, 3.05) is 0 Å². The van der Waals surface area contributed by atoms with Crippen LogP contribution < -0.4 is 0 Å². The molecule has 0 aliphatic heterocycles. The van der Waals surface area contributed by atoms with Crippen LogP contribution in [0.1, 0.15) is 134 Å². The Balaban J connectivity index is 0.000000698. The second-order valence-corrected chi connectivity index (χ2v) is 15.0. The second kappa shape index (κ2) is 16.1. The molecule has 49 heavy (non-hydrogen) atoms. The van der Waals surface area contributed by atoms with Gasteiger partial charge < -0.3 is 9.47 Å². The molecule has 4 unspecified atom stereocenters. The van der Waals surface area contributed by atoms with E-state index in [2.05, 4.69) is 56.0 Å². The van der Waals surface area contributed by atoms with Gasteiger partial charge in [0.2, 0.25) is 0 Å². The van der Waals surface area contributed by atoms with Crippen LogP contribution in [0.2, 0.25) is 0 Å². The summed E-state index contributed by atoms with van der Waals surface area (Å²) in [5.41, 5.74) is 4.50. The number of carbonyl (C=O) groups excluding carboxylic acids is 4. The van der Waals surface area contributed by atoms with E-state index in [0.29, 0.717) is 18.8 Å². The zero-order valence-electron chi connectivity index (χ0n) is 30.8. The zero-order valence-corrected chi connectivity index (χ0v) is 30.8. The number of hydrogen-bond donors (Lipinski definition) is 0. The Bertz CT molecular complexity index is 1760. The lowest BCUT2D eigenvalue weighted by molar-refractivity contribution is -0.159. The van der Waals surface area contributed by atoms with E-state index in [1.165, 1.54) is 22.6 Å². The van der Waals surface area contributed by atoms with Crippen LogP contribution in [0.3, 0.4) is 0 Å². The summed E-state index contributed by atoms with van der Waals surface area (Å²) in [6.45, 7) is 20.6. The monoisotopic (exact) mass is 666 g/mol. The number of carbonyl (C=O) groups is 4. The molecule has 0 spiro atoms. The number of hydrogen-bond acceptors (Lipinski definition) is 6. The normalized spacial score (nSPS) is 20.3. The summed E-state index contributed by atoms with van der Waals surface area (Å²) in [6, 6.07) is 13.3. The van der Waals surface area contributed by atoms with Gasteiger partial charge in [-0.1, -0.05) is 87.1 Å². The van der Waals surface area contributed by atoms with Crippen LogP contribution in [0.5, 0.6) is 0 Å². The average Bonchev–Trinajstić information content (AvgIpc) is 3.06. The van der Waals surface area contributed by atoms with Gasteiger partial charge in [-0.3, -0.25) is 19.2 Å². The van der Waals surface area contributed by atoms with Crippen molar-refractivity contribution in [3.63, 3.8) is 0 Å². The quantitative estimate of drug-likeness (QED) is 0.128. The molecule has 2 aliphatic rings. The summed E-state index contributed by atoms with van der Waals surface area (Å²) in [6.07, 6.45) is 7.82. The molecule has 0 radical (unpaired) electrons. The van der Waals surface area contributed by atoms with Crippen LogP contribution in [0.15, 0.2) is 61.2 Å². The first kappa shape index (κ1) is 37.8.